The number of carbonyl (C=O) groups excluding carboxylic acids is 1. The van der Waals surface area contributed by atoms with Crippen LogP contribution in [0.15, 0.2) is 0 Å². The predicted molar refractivity (Wildman–Crippen MR) is 57.5 cm³/mol. The largest absolute Gasteiger partial charge is 0.465 e. The molecule has 1 atom stereocenters. The van der Waals surface area contributed by atoms with Gasteiger partial charge in [0.1, 0.15) is 6.04 Å². The van der Waals surface area contributed by atoms with E-state index in [1.165, 1.54) is 0 Å². The Morgan fingerprint density at radius 3 is 2.67 bits per heavy atom. The van der Waals surface area contributed by atoms with E-state index in [9.17, 15) is 9.90 Å². The molecule has 0 aromatic heterocycles. The monoisotopic (exact) mass is 215 g/mol. The summed E-state index contributed by atoms with van der Waals surface area (Å²) in [5.74, 6) is -0.145. The van der Waals surface area contributed by atoms with Gasteiger partial charge in [0.15, 0.2) is 0 Å². The van der Waals surface area contributed by atoms with Gasteiger partial charge < -0.3 is 9.84 Å². The van der Waals surface area contributed by atoms with Gasteiger partial charge in [-0.1, -0.05) is 6.92 Å². The summed E-state index contributed by atoms with van der Waals surface area (Å²) in [6.07, 6.45) is 2.17. The molecule has 15 heavy (non-hydrogen) atoms. The molecular formula is C11H21NO3. The average Bonchev–Trinajstić information content (AvgIpc) is 2.26. The van der Waals surface area contributed by atoms with Crippen LogP contribution in [0.3, 0.4) is 0 Å². The molecule has 0 amide bonds. The standard InChI is InChI=1S/C11H21NO3/c1-3-8-15-11(14)9(2)12-6-4-10(13)5-7-12/h9-10,13H,3-8H2,1-2H3. The predicted octanol–water partition coefficient (Wildman–Crippen LogP) is 0.785. The van der Waals surface area contributed by atoms with Gasteiger partial charge in [-0.3, -0.25) is 9.69 Å². The lowest BCUT2D eigenvalue weighted by atomic mass is 10.1. The zero-order chi connectivity index (χ0) is 11.3. The molecule has 1 aliphatic heterocycles. The quantitative estimate of drug-likeness (QED) is 0.704. The Morgan fingerprint density at radius 1 is 1.53 bits per heavy atom. The van der Waals surface area contributed by atoms with Crippen LogP contribution in [0.5, 0.6) is 0 Å². The Labute approximate surface area is 91.2 Å². The van der Waals surface area contributed by atoms with E-state index in [1.54, 1.807) is 0 Å². The van der Waals surface area contributed by atoms with Gasteiger partial charge in [0.25, 0.3) is 0 Å². The summed E-state index contributed by atoms with van der Waals surface area (Å²) in [7, 11) is 0. The van der Waals surface area contributed by atoms with Gasteiger partial charge in [-0.25, -0.2) is 0 Å². The van der Waals surface area contributed by atoms with E-state index in [4.69, 9.17) is 4.74 Å². The number of carbonyl (C=O) groups is 1. The van der Waals surface area contributed by atoms with Crippen molar-refractivity contribution in [3.05, 3.63) is 0 Å². The first-order valence-electron chi connectivity index (χ1n) is 5.74. The maximum atomic E-state index is 11.6. The number of nitrogens with zero attached hydrogens (tertiary/aromatic N) is 1. The van der Waals surface area contributed by atoms with Crippen molar-refractivity contribution in [3.63, 3.8) is 0 Å². The summed E-state index contributed by atoms with van der Waals surface area (Å²) in [6, 6.07) is -0.177. The highest BCUT2D eigenvalue weighted by Gasteiger charge is 2.26. The van der Waals surface area contributed by atoms with Crippen molar-refractivity contribution in [1.82, 2.24) is 4.90 Å². The first-order chi connectivity index (χ1) is 7.15. The van der Waals surface area contributed by atoms with Gasteiger partial charge in [-0.2, -0.15) is 0 Å². The van der Waals surface area contributed by atoms with Crippen molar-refractivity contribution in [2.75, 3.05) is 19.7 Å². The Hall–Kier alpha value is -0.610. The fraction of sp³-hybridized carbons (Fsp3) is 0.909. The Kier molecular flexibility index (Phi) is 5.05. The Morgan fingerprint density at radius 2 is 2.13 bits per heavy atom. The number of likely N-dealkylation sites (tertiary alicyclic amines) is 1. The molecule has 1 N–H and O–H groups in total. The first kappa shape index (κ1) is 12.5. The fourth-order valence-corrected chi connectivity index (χ4v) is 1.75. The molecule has 0 radical (unpaired) electrons. The number of piperidine rings is 1. The van der Waals surface area contributed by atoms with E-state index in [2.05, 4.69) is 4.90 Å². The molecule has 0 bridgehead atoms. The van der Waals surface area contributed by atoms with Crippen molar-refractivity contribution in [3.8, 4) is 0 Å². The number of aliphatic hydroxyl groups is 1. The maximum Gasteiger partial charge on any atom is 0.323 e. The average molecular weight is 215 g/mol. The van der Waals surface area contributed by atoms with Gasteiger partial charge in [0.05, 0.1) is 12.7 Å². The molecule has 4 nitrogen and oxygen atoms in total. The van der Waals surface area contributed by atoms with E-state index in [-0.39, 0.29) is 18.1 Å². The second-order valence-corrected chi connectivity index (χ2v) is 4.11. The summed E-state index contributed by atoms with van der Waals surface area (Å²) in [5, 5.41) is 9.35. The second kappa shape index (κ2) is 6.08. The molecule has 0 spiro atoms. The molecule has 1 aliphatic rings. The highest BCUT2D eigenvalue weighted by atomic mass is 16.5. The topological polar surface area (TPSA) is 49.8 Å². The third-order valence-electron chi connectivity index (χ3n) is 2.84. The number of ether oxygens (including phenoxy) is 1. The van der Waals surface area contributed by atoms with E-state index < -0.39 is 0 Å². The molecule has 0 aromatic carbocycles. The smallest absolute Gasteiger partial charge is 0.323 e. The third-order valence-corrected chi connectivity index (χ3v) is 2.84. The lowest BCUT2D eigenvalue weighted by Gasteiger charge is -2.32. The summed E-state index contributed by atoms with van der Waals surface area (Å²) >= 11 is 0. The molecule has 0 aromatic rings. The molecule has 1 heterocycles. The highest BCUT2D eigenvalue weighted by Crippen LogP contribution is 2.13. The van der Waals surface area contributed by atoms with Crippen LogP contribution < -0.4 is 0 Å². The zero-order valence-electron chi connectivity index (χ0n) is 9.61. The fourth-order valence-electron chi connectivity index (χ4n) is 1.75. The summed E-state index contributed by atoms with van der Waals surface area (Å²) in [4.78, 5) is 13.6. The lowest BCUT2D eigenvalue weighted by molar-refractivity contribution is -0.150. The maximum absolute atomic E-state index is 11.6. The summed E-state index contributed by atoms with van der Waals surface area (Å²) in [5.41, 5.74) is 0. The normalized spacial score (nSPS) is 21.3. The van der Waals surface area contributed by atoms with Gasteiger partial charge in [-0.05, 0) is 26.2 Å². The van der Waals surface area contributed by atoms with Crippen molar-refractivity contribution in [2.24, 2.45) is 0 Å². The van der Waals surface area contributed by atoms with Crippen LogP contribution in [-0.4, -0.2) is 47.8 Å². The van der Waals surface area contributed by atoms with Gasteiger partial charge in [-0.15, -0.1) is 0 Å². The Bertz CT molecular complexity index is 200. The minimum absolute atomic E-state index is 0.145. The minimum Gasteiger partial charge on any atom is -0.465 e. The van der Waals surface area contributed by atoms with Crippen LogP contribution in [-0.2, 0) is 9.53 Å². The number of rotatable bonds is 4. The first-order valence-corrected chi connectivity index (χ1v) is 5.74. The molecule has 1 unspecified atom stereocenters. The van der Waals surface area contributed by atoms with Crippen LogP contribution in [0.2, 0.25) is 0 Å². The van der Waals surface area contributed by atoms with Crippen LogP contribution in [0, 0.1) is 0 Å². The Balaban J connectivity index is 2.32. The van der Waals surface area contributed by atoms with Crippen molar-refractivity contribution in [1.29, 1.82) is 0 Å². The molecule has 1 saturated heterocycles. The molecule has 4 heteroatoms. The van der Waals surface area contributed by atoms with E-state index in [1.807, 2.05) is 13.8 Å². The number of aliphatic hydroxyl groups excluding tert-OH is 1. The molecule has 0 aliphatic carbocycles. The highest BCUT2D eigenvalue weighted by molar-refractivity contribution is 5.75. The summed E-state index contributed by atoms with van der Waals surface area (Å²) < 4.78 is 5.09. The van der Waals surface area contributed by atoms with Crippen LogP contribution in [0.1, 0.15) is 33.1 Å². The van der Waals surface area contributed by atoms with E-state index in [0.717, 1.165) is 32.4 Å². The minimum atomic E-state index is -0.194. The van der Waals surface area contributed by atoms with E-state index in [0.29, 0.717) is 6.61 Å². The lowest BCUT2D eigenvalue weighted by Crippen LogP contribution is -2.45. The third kappa shape index (κ3) is 3.80. The molecule has 1 fully saturated rings. The van der Waals surface area contributed by atoms with Crippen molar-refractivity contribution < 1.29 is 14.6 Å². The number of esters is 1. The molecular weight excluding hydrogens is 194 g/mol. The van der Waals surface area contributed by atoms with E-state index >= 15 is 0 Å². The van der Waals surface area contributed by atoms with Gasteiger partial charge >= 0.3 is 5.97 Å². The number of hydrogen-bond donors (Lipinski definition) is 1. The molecule has 1 rings (SSSR count). The van der Waals surface area contributed by atoms with Crippen molar-refractivity contribution >= 4 is 5.97 Å². The molecule has 88 valence electrons. The van der Waals surface area contributed by atoms with Crippen molar-refractivity contribution in [2.45, 2.75) is 45.3 Å². The second-order valence-electron chi connectivity index (χ2n) is 4.11. The number of hydrogen-bond acceptors (Lipinski definition) is 4. The van der Waals surface area contributed by atoms with Gasteiger partial charge in [0, 0.05) is 13.1 Å². The summed E-state index contributed by atoms with van der Waals surface area (Å²) in [6.45, 7) is 5.91. The molecule has 0 saturated carbocycles. The zero-order valence-corrected chi connectivity index (χ0v) is 9.61. The van der Waals surface area contributed by atoms with Crippen LogP contribution in [0.25, 0.3) is 0 Å². The SMILES string of the molecule is CCCOC(=O)C(C)N1CCC(O)CC1. The van der Waals surface area contributed by atoms with Gasteiger partial charge in [0.2, 0.25) is 0 Å². The van der Waals surface area contributed by atoms with Crippen LogP contribution >= 0.6 is 0 Å². The van der Waals surface area contributed by atoms with Crippen LogP contribution in [0.4, 0.5) is 0 Å².